The lowest BCUT2D eigenvalue weighted by atomic mass is 10.1. The minimum absolute atomic E-state index is 0.180. The Morgan fingerprint density at radius 3 is 2.47 bits per heavy atom. The van der Waals surface area contributed by atoms with Gasteiger partial charge in [-0.05, 0) is 12.0 Å². The first-order valence-electron chi connectivity index (χ1n) is 5.36. The molecule has 6 heteroatoms. The number of hydrogen-bond acceptors (Lipinski definition) is 3. The molecule has 1 aromatic rings. The molecule has 1 saturated heterocycles. The Bertz CT molecular complexity index is 514. The van der Waals surface area contributed by atoms with Crippen molar-refractivity contribution < 1.29 is 8.42 Å². The highest BCUT2D eigenvalue weighted by molar-refractivity contribution is 7.89. The van der Waals surface area contributed by atoms with Crippen molar-refractivity contribution in [2.24, 2.45) is 5.73 Å². The number of benzene rings is 1. The summed E-state index contributed by atoms with van der Waals surface area (Å²) in [5, 5.41) is 0. The van der Waals surface area contributed by atoms with Gasteiger partial charge in [0.15, 0.2) is 0 Å². The predicted molar refractivity (Wildman–Crippen MR) is 71.1 cm³/mol. The van der Waals surface area contributed by atoms with E-state index in [1.165, 1.54) is 4.31 Å². The molecule has 1 atom stereocenters. The van der Waals surface area contributed by atoms with E-state index in [-0.39, 0.29) is 10.7 Å². The molecule has 0 aromatic heterocycles. The molecule has 1 unspecified atom stereocenters. The van der Waals surface area contributed by atoms with E-state index in [9.17, 15) is 8.42 Å². The van der Waals surface area contributed by atoms with Gasteiger partial charge in [0.1, 0.15) is 0 Å². The molecule has 2 rings (SSSR count). The van der Waals surface area contributed by atoms with Gasteiger partial charge < -0.3 is 5.73 Å². The van der Waals surface area contributed by atoms with E-state index in [4.69, 9.17) is 18.0 Å². The van der Waals surface area contributed by atoms with Crippen molar-refractivity contribution in [1.82, 2.24) is 4.31 Å². The monoisotopic (exact) mass is 270 g/mol. The van der Waals surface area contributed by atoms with Crippen LogP contribution in [0.4, 0.5) is 0 Å². The van der Waals surface area contributed by atoms with E-state index in [1.807, 2.05) is 30.3 Å². The lowest BCUT2D eigenvalue weighted by molar-refractivity contribution is 0.414. The van der Waals surface area contributed by atoms with Crippen LogP contribution in [0.15, 0.2) is 30.3 Å². The van der Waals surface area contributed by atoms with Crippen LogP contribution in [-0.2, 0) is 10.0 Å². The molecule has 0 aliphatic carbocycles. The number of nitrogens with two attached hydrogens (primary N) is 1. The number of rotatable bonds is 3. The summed E-state index contributed by atoms with van der Waals surface area (Å²) in [6.07, 6.45) is 0.633. The van der Waals surface area contributed by atoms with E-state index in [2.05, 4.69) is 0 Å². The molecule has 92 valence electrons. The molecule has 2 N–H and O–H groups in total. The predicted octanol–water partition coefficient (Wildman–Crippen LogP) is 1.05. The van der Waals surface area contributed by atoms with Gasteiger partial charge in [0.25, 0.3) is 0 Å². The Morgan fingerprint density at radius 1 is 1.35 bits per heavy atom. The molecule has 1 fully saturated rings. The van der Waals surface area contributed by atoms with Gasteiger partial charge in [-0.2, -0.15) is 4.31 Å². The van der Waals surface area contributed by atoms with Crippen LogP contribution in [0.3, 0.4) is 0 Å². The molecule has 0 amide bonds. The van der Waals surface area contributed by atoms with Crippen LogP contribution in [0.1, 0.15) is 18.0 Å². The van der Waals surface area contributed by atoms with Crippen LogP contribution < -0.4 is 5.73 Å². The van der Waals surface area contributed by atoms with Crippen molar-refractivity contribution in [3.8, 4) is 0 Å². The summed E-state index contributed by atoms with van der Waals surface area (Å²) >= 11 is 5.01. The fraction of sp³-hybridized carbons (Fsp3) is 0.364. The Morgan fingerprint density at radius 2 is 2.00 bits per heavy atom. The summed E-state index contributed by atoms with van der Waals surface area (Å²) in [5.41, 5.74) is 6.52. The Kier molecular flexibility index (Phi) is 3.46. The second-order valence-corrected chi connectivity index (χ2v) is 6.51. The molecule has 4 nitrogen and oxygen atoms in total. The molecule has 1 aliphatic rings. The standard InChI is InChI=1S/C11H14N2O2S2/c12-11(16)10(9-5-2-1-3-6-9)13-7-4-8-17(13,14)15/h1-3,5-6,10H,4,7-8H2,(H2,12,16). The van der Waals surface area contributed by atoms with Gasteiger partial charge in [-0.1, -0.05) is 42.5 Å². The van der Waals surface area contributed by atoms with Crippen LogP contribution in [0.5, 0.6) is 0 Å². The largest absolute Gasteiger partial charge is 0.392 e. The van der Waals surface area contributed by atoms with Gasteiger partial charge in [0.2, 0.25) is 10.0 Å². The summed E-state index contributed by atoms with van der Waals surface area (Å²) in [5.74, 6) is 0.180. The number of thiocarbonyl (C=S) groups is 1. The zero-order valence-corrected chi connectivity index (χ0v) is 10.9. The topological polar surface area (TPSA) is 63.4 Å². The molecule has 1 heterocycles. The van der Waals surface area contributed by atoms with Gasteiger partial charge >= 0.3 is 0 Å². The van der Waals surface area contributed by atoms with E-state index in [0.717, 1.165) is 5.56 Å². The Hall–Kier alpha value is -0.980. The molecule has 0 spiro atoms. The van der Waals surface area contributed by atoms with Crippen LogP contribution in [0.2, 0.25) is 0 Å². The third-order valence-corrected chi connectivity index (χ3v) is 4.95. The molecule has 1 aromatic carbocycles. The van der Waals surface area contributed by atoms with E-state index < -0.39 is 16.1 Å². The quantitative estimate of drug-likeness (QED) is 0.834. The Balaban J connectivity index is 2.41. The van der Waals surface area contributed by atoms with Gasteiger partial charge in [0, 0.05) is 6.54 Å². The fourth-order valence-electron chi connectivity index (χ4n) is 2.06. The number of hydrogen-bond donors (Lipinski definition) is 1. The first-order chi connectivity index (χ1) is 8.02. The second-order valence-electron chi connectivity index (χ2n) is 4.00. The van der Waals surface area contributed by atoms with Gasteiger partial charge in [-0.15, -0.1) is 0 Å². The van der Waals surface area contributed by atoms with Crippen LogP contribution in [0, 0.1) is 0 Å². The Labute approximate surface area is 106 Å². The van der Waals surface area contributed by atoms with Crippen LogP contribution in [-0.4, -0.2) is 30.0 Å². The molecule has 0 saturated carbocycles. The van der Waals surface area contributed by atoms with Crippen molar-refractivity contribution >= 4 is 27.2 Å². The lowest BCUT2D eigenvalue weighted by Gasteiger charge is -2.25. The molecular formula is C11H14N2O2S2. The summed E-state index contributed by atoms with van der Waals surface area (Å²) in [4.78, 5) is 0.196. The fourth-order valence-corrected chi connectivity index (χ4v) is 4.08. The highest BCUT2D eigenvalue weighted by Crippen LogP contribution is 2.28. The van der Waals surface area contributed by atoms with Gasteiger partial charge in [-0.25, -0.2) is 8.42 Å². The zero-order valence-electron chi connectivity index (χ0n) is 9.24. The summed E-state index contributed by atoms with van der Waals surface area (Å²) in [6, 6.07) is 8.75. The molecule has 0 bridgehead atoms. The highest BCUT2D eigenvalue weighted by Gasteiger charge is 2.36. The average Bonchev–Trinajstić information content (AvgIpc) is 2.60. The molecular weight excluding hydrogens is 256 g/mol. The van der Waals surface area contributed by atoms with Crippen molar-refractivity contribution in [2.45, 2.75) is 12.5 Å². The van der Waals surface area contributed by atoms with Gasteiger partial charge in [-0.3, -0.25) is 0 Å². The van der Waals surface area contributed by atoms with Crippen molar-refractivity contribution in [2.75, 3.05) is 12.3 Å². The van der Waals surface area contributed by atoms with E-state index >= 15 is 0 Å². The minimum Gasteiger partial charge on any atom is -0.392 e. The maximum Gasteiger partial charge on any atom is 0.215 e. The van der Waals surface area contributed by atoms with Crippen LogP contribution >= 0.6 is 12.2 Å². The van der Waals surface area contributed by atoms with Crippen molar-refractivity contribution in [3.63, 3.8) is 0 Å². The molecule has 0 radical (unpaired) electrons. The first kappa shape index (κ1) is 12.5. The van der Waals surface area contributed by atoms with Gasteiger partial charge in [0.05, 0.1) is 16.8 Å². The average molecular weight is 270 g/mol. The summed E-state index contributed by atoms with van der Waals surface area (Å²) in [6.45, 7) is 0.485. The second kappa shape index (κ2) is 4.72. The normalized spacial score (nSPS) is 21.2. The SMILES string of the molecule is NC(=S)C(c1ccccc1)N1CCCS1(=O)=O. The minimum atomic E-state index is -3.21. The number of nitrogens with zero attached hydrogens (tertiary/aromatic N) is 1. The van der Waals surface area contributed by atoms with E-state index in [1.54, 1.807) is 0 Å². The third-order valence-electron chi connectivity index (χ3n) is 2.81. The third kappa shape index (κ3) is 2.48. The van der Waals surface area contributed by atoms with Crippen molar-refractivity contribution in [3.05, 3.63) is 35.9 Å². The zero-order chi connectivity index (χ0) is 12.5. The number of sulfonamides is 1. The van der Waals surface area contributed by atoms with E-state index in [0.29, 0.717) is 13.0 Å². The lowest BCUT2D eigenvalue weighted by Crippen LogP contribution is -2.37. The first-order valence-corrected chi connectivity index (χ1v) is 7.38. The highest BCUT2D eigenvalue weighted by atomic mass is 32.2. The molecule has 17 heavy (non-hydrogen) atoms. The van der Waals surface area contributed by atoms with Crippen molar-refractivity contribution in [1.29, 1.82) is 0 Å². The smallest absolute Gasteiger partial charge is 0.215 e. The summed E-state index contributed by atoms with van der Waals surface area (Å²) in [7, 11) is -3.21. The maximum absolute atomic E-state index is 11.9. The molecule has 1 aliphatic heterocycles. The maximum atomic E-state index is 11.9. The summed E-state index contributed by atoms with van der Waals surface area (Å²) < 4.78 is 25.2. The van der Waals surface area contributed by atoms with Crippen LogP contribution in [0.25, 0.3) is 0 Å².